The Balaban J connectivity index is 2.05. The van der Waals surface area contributed by atoms with Gasteiger partial charge in [0, 0.05) is 18.7 Å². The maximum atomic E-state index is 12.8. The van der Waals surface area contributed by atoms with Crippen LogP contribution in [0.5, 0.6) is 11.5 Å². The van der Waals surface area contributed by atoms with Gasteiger partial charge in [-0.1, -0.05) is 6.92 Å². The minimum atomic E-state index is 0.0842. The number of nitrogens with one attached hydrogen (secondary N) is 1. The van der Waals surface area contributed by atoms with Gasteiger partial charge >= 0.3 is 0 Å². The summed E-state index contributed by atoms with van der Waals surface area (Å²) in [5, 5.41) is 3.22. The third-order valence-electron chi connectivity index (χ3n) is 4.35. The minimum absolute atomic E-state index is 0.0842. The second kappa shape index (κ2) is 9.52. The molecule has 24 heavy (non-hydrogen) atoms. The van der Waals surface area contributed by atoms with E-state index in [-0.39, 0.29) is 5.91 Å². The van der Waals surface area contributed by atoms with Crippen molar-refractivity contribution in [3.63, 3.8) is 0 Å². The van der Waals surface area contributed by atoms with Crippen molar-refractivity contribution in [1.82, 2.24) is 10.2 Å². The number of rotatable bonds is 8. The van der Waals surface area contributed by atoms with E-state index in [2.05, 4.69) is 12.2 Å². The topological polar surface area (TPSA) is 50.8 Å². The number of likely N-dealkylation sites (tertiary alicyclic amines) is 1. The fraction of sp³-hybridized carbons (Fsp3) is 0.632. The van der Waals surface area contributed by atoms with E-state index < -0.39 is 0 Å². The van der Waals surface area contributed by atoms with E-state index in [1.165, 1.54) is 0 Å². The molecule has 1 fully saturated rings. The number of hydrogen-bond donors (Lipinski definition) is 1. The lowest BCUT2D eigenvalue weighted by Crippen LogP contribution is -2.40. The molecular weight excluding hydrogens is 304 g/mol. The molecule has 134 valence electrons. The van der Waals surface area contributed by atoms with Gasteiger partial charge in [-0.25, -0.2) is 0 Å². The van der Waals surface area contributed by atoms with Crippen molar-refractivity contribution in [2.75, 3.05) is 39.9 Å². The number of nitrogens with zero attached hydrogens (tertiary/aromatic N) is 1. The summed E-state index contributed by atoms with van der Waals surface area (Å²) in [6, 6.07) is 5.51. The van der Waals surface area contributed by atoms with Gasteiger partial charge in [0.1, 0.15) is 0 Å². The lowest BCUT2D eigenvalue weighted by atomic mass is 9.96. The molecule has 1 N–H and O–H groups in total. The Morgan fingerprint density at radius 1 is 1.21 bits per heavy atom. The van der Waals surface area contributed by atoms with E-state index >= 15 is 0 Å². The first-order valence-electron chi connectivity index (χ1n) is 9.03. The summed E-state index contributed by atoms with van der Waals surface area (Å²) in [5.41, 5.74) is 0.675. The monoisotopic (exact) mass is 334 g/mol. The van der Waals surface area contributed by atoms with Crippen LogP contribution in [0.2, 0.25) is 0 Å². The zero-order chi connectivity index (χ0) is 17.4. The molecule has 0 spiro atoms. The van der Waals surface area contributed by atoms with Crippen molar-refractivity contribution in [2.24, 2.45) is 5.92 Å². The fourth-order valence-corrected chi connectivity index (χ4v) is 3.05. The third kappa shape index (κ3) is 4.87. The molecule has 5 nitrogen and oxygen atoms in total. The number of ether oxygens (including phenoxy) is 2. The Labute approximate surface area is 145 Å². The van der Waals surface area contributed by atoms with Crippen molar-refractivity contribution < 1.29 is 14.3 Å². The number of piperidine rings is 1. The largest absolute Gasteiger partial charge is 0.490 e. The Bertz CT molecular complexity index is 525. The molecule has 0 atom stereocenters. The maximum absolute atomic E-state index is 12.8. The molecule has 2 rings (SSSR count). The average Bonchev–Trinajstić information content (AvgIpc) is 2.61. The van der Waals surface area contributed by atoms with E-state index in [1.54, 1.807) is 0 Å². The predicted molar refractivity (Wildman–Crippen MR) is 96.0 cm³/mol. The van der Waals surface area contributed by atoms with Crippen LogP contribution in [0.25, 0.3) is 0 Å². The standard InChI is InChI=1S/C19H30N2O3/c1-4-12-24-17-7-6-16(13-18(17)23-5-2)19(22)21-10-8-15(9-11-21)14-20-3/h6-7,13,15,20H,4-5,8-12,14H2,1-3H3. The number of benzene rings is 1. The lowest BCUT2D eigenvalue weighted by molar-refractivity contribution is 0.0690. The number of hydrogen-bond acceptors (Lipinski definition) is 4. The summed E-state index contributed by atoms with van der Waals surface area (Å²) in [5.74, 6) is 2.12. The van der Waals surface area contributed by atoms with Gasteiger partial charge in [0.25, 0.3) is 5.91 Å². The molecule has 0 aliphatic carbocycles. The van der Waals surface area contributed by atoms with Crippen LogP contribution in [0.1, 0.15) is 43.5 Å². The van der Waals surface area contributed by atoms with Gasteiger partial charge in [-0.3, -0.25) is 4.79 Å². The normalized spacial score (nSPS) is 15.4. The molecule has 0 saturated carbocycles. The molecule has 1 saturated heterocycles. The van der Waals surface area contributed by atoms with E-state index in [9.17, 15) is 4.79 Å². The Hall–Kier alpha value is -1.75. The first-order valence-corrected chi connectivity index (χ1v) is 9.03. The van der Waals surface area contributed by atoms with Crippen LogP contribution in [-0.2, 0) is 0 Å². The number of amides is 1. The molecule has 1 heterocycles. The Kier molecular flexibility index (Phi) is 7.37. The molecule has 1 amide bonds. The quantitative estimate of drug-likeness (QED) is 0.794. The molecule has 0 aromatic heterocycles. The Morgan fingerprint density at radius 3 is 2.58 bits per heavy atom. The van der Waals surface area contributed by atoms with E-state index in [0.29, 0.717) is 36.2 Å². The smallest absolute Gasteiger partial charge is 0.253 e. The van der Waals surface area contributed by atoms with Crippen LogP contribution in [0.3, 0.4) is 0 Å². The fourth-order valence-electron chi connectivity index (χ4n) is 3.05. The van der Waals surface area contributed by atoms with Crippen LogP contribution < -0.4 is 14.8 Å². The molecule has 0 bridgehead atoms. The van der Waals surface area contributed by atoms with Crippen molar-refractivity contribution in [2.45, 2.75) is 33.1 Å². The van der Waals surface area contributed by atoms with E-state index in [4.69, 9.17) is 9.47 Å². The van der Waals surface area contributed by atoms with E-state index in [1.807, 2.05) is 37.1 Å². The van der Waals surface area contributed by atoms with Gasteiger partial charge in [-0.2, -0.15) is 0 Å². The van der Waals surface area contributed by atoms with Gasteiger partial charge in [0.05, 0.1) is 13.2 Å². The van der Waals surface area contributed by atoms with Gasteiger partial charge in [-0.15, -0.1) is 0 Å². The second-order valence-electron chi connectivity index (χ2n) is 6.24. The number of carbonyl (C=O) groups is 1. The Morgan fingerprint density at radius 2 is 1.96 bits per heavy atom. The van der Waals surface area contributed by atoms with Crippen molar-refractivity contribution in [1.29, 1.82) is 0 Å². The molecule has 1 aromatic carbocycles. The zero-order valence-corrected chi connectivity index (χ0v) is 15.1. The van der Waals surface area contributed by atoms with Crippen LogP contribution in [0.4, 0.5) is 0 Å². The summed E-state index contributed by atoms with van der Waals surface area (Å²) in [6.07, 6.45) is 3.05. The molecule has 5 heteroatoms. The molecule has 1 aliphatic heterocycles. The highest BCUT2D eigenvalue weighted by atomic mass is 16.5. The summed E-state index contributed by atoms with van der Waals surface area (Å²) in [4.78, 5) is 14.7. The molecule has 0 unspecified atom stereocenters. The van der Waals surface area contributed by atoms with Gasteiger partial charge < -0.3 is 19.7 Å². The van der Waals surface area contributed by atoms with Gasteiger partial charge in [0.15, 0.2) is 11.5 Å². The van der Waals surface area contributed by atoms with Crippen molar-refractivity contribution in [3.8, 4) is 11.5 Å². The van der Waals surface area contributed by atoms with Gasteiger partial charge in [0.2, 0.25) is 0 Å². The van der Waals surface area contributed by atoms with Crippen molar-refractivity contribution in [3.05, 3.63) is 23.8 Å². The predicted octanol–water partition coefficient (Wildman–Crippen LogP) is 2.95. The molecule has 1 aliphatic rings. The van der Waals surface area contributed by atoms with Crippen LogP contribution in [0.15, 0.2) is 18.2 Å². The summed E-state index contributed by atoms with van der Waals surface area (Å²) in [7, 11) is 1.98. The molecule has 1 aromatic rings. The first-order chi connectivity index (χ1) is 11.7. The highest BCUT2D eigenvalue weighted by Gasteiger charge is 2.24. The van der Waals surface area contributed by atoms with Crippen LogP contribution in [-0.4, -0.2) is 50.7 Å². The first kappa shape index (κ1) is 18.6. The minimum Gasteiger partial charge on any atom is -0.490 e. The SMILES string of the molecule is CCCOc1ccc(C(=O)N2CCC(CNC)CC2)cc1OCC. The highest BCUT2D eigenvalue weighted by molar-refractivity contribution is 5.95. The summed E-state index contributed by atoms with van der Waals surface area (Å²) in [6.45, 7) is 7.87. The highest BCUT2D eigenvalue weighted by Crippen LogP contribution is 2.29. The number of carbonyl (C=O) groups excluding carboxylic acids is 1. The average molecular weight is 334 g/mol. The van der Waals surface area contributed by atoms with Crippen LogP contribution in [0, 0.1) is 5.92 Å². The third-order valence-corrected chi connectivity index (χ3v) is 4.35. The molecular formula is C19H30N2O3. The zero-order valence-electron chi connectivity index (χ0n) is 15.1. The summed E-state index contributed by atoms with van der Waals surface area (Å²) >= 11 is 0. The lowest BCUT2D eigenvalue weighted by Gasteiger charge is -2.32. The summed E-state index contributed by atoms with van der Waals surface area (Å²) < 4.78 is 11.4. The second-order valence-corrected chi connectivity index (χ2v) is 6.24. The molecule has 0 radical (unpaired) electrons. The van der Waals surface area contributed by atoms with Crippen LogP contribution >= 0.6 is 0 Å². The van der Waals surface area contributed by atoms with Gasteiger partial charge in [-0.05, 0) is 63.9 Å². The van der Waals surface area contributed by atoms with E-state index in [0.717, 1.165) is 38.9 Å². The maximum Gasteiger partial charge on any atom is 0.253 e. The van der Waals surface area contributed by atoms with Crippen molar-refractivity contribution >= 4 is 5.91 Å².